The van der Waals surface area contributed by atoms with Crippen LogP contribution >= 0.6 is 0 Å². The summed E-state index contributed by atoms with van der Waals surface area (Å²) >= 11 is 0. The number of aliphatic hydroxyl groups is 1. The van der Waals surface area contributed by atoms with Gasteiger partial charge in [0.2, 0.25) is 5.91 Å². The van der Waals surface area contributed by atoms with Gasteiger partial charge in [0.15, 0.2) is 0 Å². The molecule has 2 bridgehead atoms. The minimum atomic E-state index is -0.0344. The second-order valence-corrected chi connectivity index (χ2v) is 11.5. The summed E-state index contributed by atoms with van der Waals surface area (Å²) in [6.45, 7) is 8.99. The summed E-state index contributed by atoms with van der Waals surface area (Å²) in [6.07, 6.45) is 25.2. The summed E-state index contributed by atoms with van der Waals surface area (Å²) in [5, 5.41) is 10.4. The molecule has 5 nitrogen and oxygen atoms in total. The van der Waals surface area contributed by atoms with Gasteiger partial charge in [-0.15, -0.1) is 6.58 Å². The summed E-state index contributed by atoms with van der Waals surface area (Å²) in [7, 11) is 0. The third kappa shape index (κ3) is 5.73. The molecular formula is C31H45N3O2. The molecule has 5 heteroatoms. The number of carbonyl (C=O) groups is 1. The molecule has 1 amide bonds. The Hall–Kier alpha value is -2.11. The monoisotopic (exact) mass is 491 g/mol. The topological polar surface area (TPSA) is 47.0 Å². The second-order valence-electron chi connectivity index (χ2n) is 11.5. The quantitative estimate of drug-likeness (QED) is 0.496. The smallest absolute Gasteiger partial charge is 0.229 e. The average Bonchev–Trinajstić information content (AvgIpc) is 3.22. The van der Waals surface area contributed by atoms with Crippen LogP contribution in [0.25, 0.3) is 0 Å². The number of hydrogen-bond acceptors (Lipinski definition) is 4. The summed E-state index contributed by atoms with van der Waals surface area (Å²) in [5.74, 6) is 0.682. The number of carbonyl (C=O) groups excluding carboxylic acids is 1. The van der Waals surface area contributed by atoms with E-state index in [4.69, 9.17) is 0 Å². The molecule has 196 valence electrons. The fourth-order valence-electron chi connectivity index (χ4n) is 7.20. The molecule has 2 aliphatic carbocycles. The molecule has 36 heavy (non-hydrogen) atoms. The van der Waals surface area contributed by atoms with Crippen molar-refractivity contribution in [3.63, 3.8) is 0 Å². The number of likely N-dealkylation sites (tertiary alicyclic amines) is 1. The van der Waals surface area contributed by atoms with E-state index in [1.54, 1.807) is 0 Å². The lowest BCUT2D eigenvalue weighted by Gasteiger charge is -2.47. The molecule has 5 rings (SSSR count). The Kier molecular flexibility index (Phi) is 8.48. The zero-order valence-corrected chi connectivity index (χ0v) is 22.0. The molecule has 0 radical (unpaired) electrons. The van der Waals surface area contributed by atoms with Gasteiger partial charge in [-0.2, -0.15) is 0 Å². The van der Waals surface area contributed by atoms with Crippen molar-refractivity contribution in [1.82, 2.24) is 14.7 Å². The van der Waals surface area contributed by atoms with E-state index in [1.165, 1.54) is 49.7 Å². The van der Waals surface area contributed by atoms with Crippen LogP contribution in [0.4, 0.5) is 0 Å². The third-order valence-corrected chi connectivity index (χ3v) is 9.00. The first-order valence-corrected chi connectivity index (χ1v) is 14.5. The fraction of sp³-hybridized carbons (Fsp3) is 0.645. The zero-order valence-electron chi connectivity index (χ0n) is 22.0. The van der Waals surface area contributed by atoms with Crippen LogP contribution in [0, 0.1) is 5.92 Å². The predicted octanol–water partition coefficient (Wildman–Crippen LogP) is 5.54. The SMILES string of the molecule is C=CCN1CCC2CCCC(C1)N2C(C1=CCC(C(=O)N2CCCCCC2)C=C1)C1=CC(O)=CCC1. The summed E-state index contributed by atoms with van der Waals surface area (Å²) in [4.78, 5) is 20.8. The Morgan fingerprint density at radius 1 is 1.06 bits per heavy atom. The van der Waals surface area contributed by atoms with Gasteiger partial charge in [-0.05, 0) is 74.7 Å². The van der Waals surface area contributed by atoms with Crippen LogP contribution < -0.4 is 0 Å². The first kappa shape index (κ1) is 25.5. The van der Waals surface area contributed by atoms with Crippen molar-refractivity contribution < 1.29 is 9.90 Å². The van der Waals surface area contributed by atoms with Crippen molar-refractivity contribution in [2.24, 2.45) is 5.92 Å². The minimum Gasteiger partial charge on any atom is -0.508 e. The van der Waals surface area contributed by atoms with Crippen LogP contribution in [-0.4, -0.2) is 76.6 Å². The largest absolute Gasteiger partial charge is 0.508 e. The van der Waals surface area contributed by atoms with Crippen molar-refractivity contribution in [2.45, 2.75) is 88.8 Å². The minimum absolute atomic E-state index is 0.0344. The number of hydrogen-bond donors (Lipinski definition) is 1. The van der Waals surface area contributed by atoms with Crippen LogP contribution in [0.3, 0.4) is 0 Å². The van der Waals surface area contributed by atoms with Crippen LogP contribution in [0.5, 0.6) is 0 Å². The molecule has 4 atom stereocenters. The van der Waals surface area contributed by atoms with Crippen LogP contribution in [0.1, 0.15) is 70.6 Å². The highest BCUT2D eigenvalue weighted by atomic mass is 16.3. The van der Waals surface area contributed by atoms with E-state index in [9.17, 15) is 9.90 Å². The maximum absolute atomic E-state index is 13.3. The maximum Gasteiger partial charge on any atom is 0.229 e. The lowest BCUT2D eigenvalue weighted by molar-refractivity contribution is -0.133. The van der Waals surface area contributed by atoms with E-state index in [0.717, 1.165) is 64.8 Å². The van der Waals surface area contributed by atoms with Crippen molar-refractivity contribution in [1.29, 1.82) is 0 Å². The van der Waals surface area contributed by atoms with Crippen LogP contribution in [0.15, 0.2) is 59.9 Å². The standard InChI is InChI=1S/C31H45N3O2/c1-2-18-32-21-17-27-10-8-11-28(23-32)34(27)30(26-9-7-12-29(35)22-26)24-13-15-25(16-14-24)31(36)33-19-5-3-4-6-20-33/h2,12-15,22,25,27-28,30,35H,1,3-11,16-21,23H2. The zero-order chi connectivity index (χ0) is 24.9. The number of piperidine rings is 1. The Morgan fingerprint density at radius 2 is 1.86 bits per heavy atom. The molecule has 3 fully saturated rings. The molecule has 5 aliphatic rings. The number of amides is 1. The highest BCUT2D eigenvalue weighted by Gasteiger charge is 2.41. The van der Waals surface area contributed by atoms with Crippen molar-refractivity contribution in [3.05, 3.63) is 59.9 Å². The number of rotatable bonds is 6. The number of allylic oxidation sites excluding steroid dienone is 3. The average molecular weight is 492 g/mol. The highest BCUT2D eigenvalue weighted by molar-refractivity contribution is 5.81. The van der Waals surface area contributed by atoms with Gasteiger partial charge in [0.1, 0.15) is 5.76 Å². The highest BCUT2D eigenvalue weighted by Crippen LogP contribution is 2.39. The van der Waals surface area contributed by atoms with Crippen LogP contribution in [0.2, 0.25) is 0 Å². The summed E-state index contributed by atoms with van der Waals surface area (Å²) in [6, 6.07) is 1.25. The van der Waals surface area contributed by atoms with Crippen molar-refractivity contribution in [3.8, 4) is 0 Å². The molecular weight excluding hydrogens is 446 g/mol. The number of nitrogens with zero attached hydrogens (tertiary/aromatic N) is 3. The molecule has 1 N–H and O–H groups in total. The van der Waals surface area contributed by atoms with Gasteiger partial charge < -0.3 is 10.0 Å². The van der Waals surface area contributed by atoms with Crippen molar-refractivity contribution in [2.75, 3.05) is 32.7 Å². The molecule has 3 saturated heterocycles. The van der Waals surface area contributed by atoms with E-state index in [2.05, 4.69) is 39.5 Å². The molecule has 0 aromatic rings. The first-order chi connectivity index (χ1) is 17.6. The molecule has 0 saturated carbocycles. The summed E-state index contributed by atoms with van der Waals surface area (Å²) in [5.41, 5.74) is 2.65. The molecule has 0 aromatic heterocycles. The van der Waals surface area contributed by atoms with E-state index >= 15 is 0 Å². The van der Waals surface area contributed by atoms with Gasteiger partial charge in [0.05, 0.1) is 12.0 Å². The van der Waals surface area contributed by atoms with E-state index in [0.29, 0.717) is 23.8 Å². The normalized spacial score (nSPS) is 30.9. The van der Waals surface area contributed by atoms with Crippen molar-refractivity contribution >= 4 is 5.91 Å². The maximum atomic E-state index is 13.3. The first-order valence-electron chi connectivity index (χ1n) is 14.5. The second kappa shape index (κ2) is 12.0. The Bertz CT molecular complexity index is 924. The Morgan fingerprint density at radius 3 is 2.58 bits per heavy atom. The summed E-state index contributed by atoms with van der Waals surface area (Å²) < 4.78 is 0. The van der Waals surface area contributed by atoms with Gasteiger partial charge >= 0.3 is 0 Å². The lowest BCUT2D eigenvalue weighted by Crippen LogP contribution is -2.54. The molecule has 0 spiro atoms. The van der Waals surface area contributed by atoms with Gasteiger partial charge in [0, 0.05) is 44.8 Å². The lowest BCUT2D eigenvalue weighted by atomic mass is 9.82. The molecule has 4 unspecified atom stereocenters. The van der Waals surface area contributed by atoms with Crippen LogP contribution in [-0.2, 0) is 4.79 Å². The molecule has 3 heterocycles. The Balaban J connectivity index is 1.40. The van der Waals surface area contributed by atoms with E-state index < -0.39 is 0 Å². The third-order valence-electron chi connectivity index (χ3n) is 9.00. The van der Waals surface area contributed by atoms with E-state index in [-0.39, 0.29) is 12.0 Å². The molecule has 3 aliphatic heterocycles. The molecule has 0 aromatic carbocycles. The fourth-order valence-corrected chi connectivity index (χ4v) is 7.20. The van der Waals surface area contributed by atoms with Gasteiger partial charge in [-0.3, -0.25) is 14.6 Å². The number of aliphatic hydroxyl groups excluding tert-OH is 1. The Labute approximate surface area is 217 Å². The van der Waals surface area contributed by atoms with Gasteiger partial charge in [-0.1, -0.05) is 43.6 Å². The van der Waals surface area contributed by atoms with E-state index in [1.807, 2.05) is 18.2 Å². The van der Waals surface area contributed by atoms with Gasteiger partial charge in [-0.25, -0.2) is 0 Å². The number of fused-ring (bicyclic) bond motifs is 2. The predicted molar refractivity (Wildman–Crippen MR) is 147 cm³/mol. The van der Waals surface area contributed by atoms with Gasteiger partial charge in [0.25, 0.3) is 0 Å².